The SMILES string of the molecule is OC[C@@H]1O[C@H](Oc2ccc3ccccc3c2)[C@H](O)[C@H](O)[C@@H]1O. The van der Waals surface area contributed by atoms with E-state index in [0.717, 1.165) is 10.8 Å². The van der Waals surface area contributed by atoms with Crippen molar-refractivity contribution in [1.29, 1.82) is 0 Å². The average molecular weight is 306 g/mol. The molecule has 0 saturated carbocycles. The normalized spacial score (nSPS) is 32.1. The minimum Gasteiger partial charge on any atom is -0.462 e. The Kier molecular flexibility index (Phi) is 4.28. The molecule has 2 aromatic rings. The second-order valence-electron chi connectivity index (χ2n) is 5.32. The second-order valence-corrected chi connectivity index (χ2v) is 5.32. The van der Waals surface area contributed by atoms with Crippen molar-refractivity contribution in [3.63, 3.8) is 0 Å². The van der Waals surface area contributed by atoms with Crippen LogP contribution in [0.2, 0.25) is 0 Å². The number of benzene rings is 2. The molecular formula is C16H18O6. The van der Waals surface area contributed by atoms with E-state index in [9.17, 15) is 15.3 Å². The summed E-state index contributed by atoms with van der Waals surface area (Å²) in [4.78, 5) is 0. The molecule has 6 nitrogen and oxygen atoms in total. The third-order valence-electron chi connectivity index (χ3n) is 3.82. The zero-order chi connectivity index (χ0) is 15.7. The third kappa shape index (κ3) is 2.79. The van der Waals surface area contributed by atoms with Gasteiger partial charge in [0.15, 0.2) is 0 Å². The molecule has 0 bridgehead atoms. The van der Waals surface area contributed by atoms with Gasteiger partial charge in [-0.25, -0.2) is 0 Å². The Balaban J connectivity index is 1.80. The molecule has 0 aliphatic carbocycles. The molecule has 1 aliphatic rings. The van der Waals surface area contributed by atoms with Crippen molar-refractivity contribution in [2.24, 2.45) is 0 Å². The highest BCUT2D eigenvalue weighted by atomic mass is 16.7. The Morgan fingerprint density at radius 3 is 2.36 bits per heavy atom. The van der Waals surface area contributed by atoms with Crippen LogP contribution in [-0.2, 0) is 4.74 Å². The van der Waals surface area contributed by atoms with Crippen LogP contribution in [0.5, 0.6) is 5.75 Å². The van der Waals surface area contributed by atoms with Crippen LogP contribution in [0.4, 0.5) is 0 Å². The lowest BCUT2D eigenvalue weighted by Gasteiger charge is -2.39. The first kappa shape index (κ1) is 15.2. The Morgan fingerprint density at radius 1 is 0.909 bits per heavy atom. The van der Waals surface area contributed by atoms with Gasteiger partial charge in [-0.2, -0.15) is 0 Å². The molecule has 1 aliphatic heterocycles. The van der Waals surface area contributed by atoms with Gasteiger partial charge in [-0.05, 0) is 22.9 Å². The van der Waals surface area contributed by atoms with E-state index in [1.165, 1.54) is 0 Å². The Hall–Kier alpha value is -1.70. The lowest BCUT2D eigenvalue weighted by molar-refractivity contribution is -0.277. The van der Waals surface area contributed by atoms with Crippen LogP contribution in [-0.4, -0.2) is 57.7 Å². The topological polar surface area (TPSA) is 99.4 Å². The molecule has 5 atom stereocenters. The minimum atomic E-state index is -1.45. The monoisotopic (exact) mass is 306 g/mol. The summed E-state index contributed by atoms with van der Waals surface area (Å²) in [7, 11) is 0. The smallest absolute Gasteiger partial charge is 0.229 e. The molecule has 0 radical (unpaired) electrons. The van der Waals surface area contributed by atoms with Crippen molar-refractivity contribution >= 4 is 10.8 Å². The molecule has 6 heteroatoms. The van der Waals surface area contributed by atoms with E-state index < -0.39 is 37.3 Å². The number of aliphatic hydroxyl groups is 4. The van der Waals surface area contributed by atoms with Gasteiger partial charge in [0, 0.05) is 0 Å². The van der Waals surface area contributed by atoms with Crippen molar-refractivity contribution in [3.8, 4) is 5.75 Å². The van der Waals surface area contributed by atoms with Crippen LogP contribution in [0, 0.1) is 0 Å². The van der Waals surface area contributed by atoms with Gasteiger partial charge in [0.2, 0.25) is 6.29 Å². The molecule has 0 aromatic heterocycles. The maximum absolute atomic E-state index is 9.95. The standard InChI is InChI=1S/C16H18O6/c17-8-12-13(18)14(19)15(20)16(22-12)21-11-6-5-9-3-1-2-4-10(9)7-11/h1-7,12-20H,8H2/t12-,13+,14+,15+,16-/m0/s1. The largest absolute Gasteiger partial charge is 0.462 e. The fourth-order valence-corrected chi connectivity index (χ4v) is 2.54. The van der Waals surface area contributed by atoms with Gasteiger partial charge in [-0.1, -0.05) is 30.3 Å². The molecule has 118 valence electrons. The van der Waals surface area contributed by atoms with Crippen LogP contribution < -0.4 is 4.74 Å². The van der Waals surface area contributed by atoms with Crippen LogP contribution in [0.1, 0.15) is 0 Å². The molecule has 1 saturated heterocycles. The van der Waals surface area contributed by atoms with Crippen LogP contribution in [0.3, 0.4) is 0 Å². The Bertz CT molecular complexity index is 643. The molecule has 2 aromatic carbocycles. The number of rotatable bonds is 3. The van der Waals surface area contributed by atoms with E-state index in [4.69, 9.17) is 14.6 Å². The molecule has 0 amide bonds. The number of hydrogen-bond donors (Lipinski definition) is 4. The number of fused-ring (bicyclic) bond motifs is 1. The van der Waals surface area contributed by atoms with E-state index in [2.05, 4.69) is 0 Å². The fourth-order valence-electron chi connectivity index (χ4n) is 2.54. The van der Waals surface area contributed by atoms with E-state index in [1.807, 2.05) is 30.3 Å². The summed E-state index contributed by atoms with van der Waals surface area (Å²) < 4.78 is 10.9. The molecule has 0 unspecified atom stereocenters. The summed E-state index contributed by atoms with van der Waals surface area (Å²) in [6.45, 7) is -0.484. The second kappa shape index (κ2) is 6.20. The Labute approximate surface area is 127 Å². The Morgan fingerprint density at radius 2 is 1.64 bits per heavy atom. The first-order valence-corrected chi connectivity index (χ1v) is 7.06. The van der Waals surface area contributed by atoms with Crippen LogP contribution in [0.25, 0.3) is 10.8 Å². The maximum atomic E-state index is 9.95. The molecule has 3 rings (SSSR count). The third-order valence-corrected chi connectivity index (χ3v) is 3.82. The van der Waals surface area contributed by atoms with Gasteiger partial charge in [0.1, 0.15) is 30.2 Å². The molecule has 22 heavy (non-hydrogen) atoms. The fraction of sp³-hybridized carbons (Fsp3) is 0.375. The lowest BCUT2D eigenvalue weighted by Crippen LogP contribution is -2.60. The average Bonchev–Trinajstić information content (AvgIpc) is 2.55. The zero-order valence-electron chi connectivity index (χ0n) is 11.7. The molecule has 4 N–H and O–H groups in total. The summed E-state index contributed by atoms with van der Waals surface area (Å²) in [5, 5.41) is 40.6. The van der Waals surface area contributed by atoms with Gasteiger partial charge in [-0.15, -0.1) is 0 Å². The summed E-state index contributed by atoms with van der Waals surface area (Å²) in [6.07, 6.45) is -6.40. The summed E-state index contributed by atoms with van der Waals surface area (Å²) in [5.41, 5.74) is 0. The quantitative estimate of drug-likeness (QED) is 0.638. The van der Waals surface area contributed by atoms with Crippen molar-refractivity contribution < 1.29 is 29.9 Å². The van der Waals surface area contributed by atoms with Gasteiger partial charge in [0.05, 0.1) is 6.61 Å². The van der Waals surface area contributed by atoms with Crippen molar-refractivity contribution in [2.75, 3.05) is 6.61 Å². The van der Waals surface area contributed by atoms with Gasteiger partial charge in [0.25, 0.3) is 0 Å². The summed E-state index contributed by atoms with van der Waals surface area (Å²) in [6, 6.07) is 13.1. The van der Waals surface area contributed by atoms with Crippen molar-refractivity contribution in [3.05, 3.63) is 42.5 Å². The van der Waals surface area contributed by atoms with Gasteiger partial charge >= 0.3 is 0 Å². The van der Waals surface area contributed by atoms with Gasteiger partial charge < -0.3 is 29.9 Å². The van der Waals surface area contributed by atoms with Crippen LogP contribution >= 0.6 is 0 Å². The molecule has 1 heterocycles. The zero-order valence-corrected chi connectivity index (χ0v) is 11.7. The first-order chi connectivity index (χ1) is 10.6. The lowest BCUT2D eigenvalue weighted by atomic mass is 9.99. The molecule has 0 spiro atoms. The number of hydrogen-bond acceptors (Lipinski definition) is 6. The minimum absolute atomic E-state index is 0.461. The summed E-state index contributed by atoms with van der Waals surface area (Å²) >= 11 is 0. The highest BCUT2D eigenvalue weighted by Gasteiger charge is 2.44. The van der Waals surface area contributed by atoms with Crippen molar-refractivity contribution in [1.82, 2.24) is 0 Å². The summed E-state index contributed by atoms with van der Waals surface area (Å²) in [5.74, 6) is 0.461. The number of ether oxygens (including phenoxy) is 2. The van der Waals surface area contributed by atoms with Gasteiger partial charge in [-0.3, -0.25) is 0 Å². The predicted molar refractivity (Wildman–Crippen MR) is 78.3 cm³/mol. The highest BCUT2D eigenvalue weighted by Crippen LogP contribution is 2.26. The van der Waals surface area contributed by atoms with Crippen LogP contribution in [0.15, 0.2) is 42.5 Å². The maximum Gasteiger partial charge on any atom is 0.229 e. The number of aliphatic hydroxyl groups excluding tert-OH is 4. The van der Waals surface area contributed by atoms with E-state index in [0.29, 0.717) is 5.75 Å². The van der Waals surface area contributed by atoms with Crippen molar-refractivity contribution in [2.45, 2.75) is 30.7 Å². The van der Waals surface area contributed by atoms with E-state index in [-0.39, 0.29) is 0 Å². The predicted octanol–water partition coefficient (Wildman–Crippen LogP) is 0.0185. The highest BCUT2D eigenvalue weighted by molar-refractivity contribution is 5.83. The molecule has 1 fully saturated rings. The molecular weight excluding hydrogens is 288 g/mol. The van der Waals surface area contributed by atoms with E-state index in [1.54, 1.807) is 12.1 Å². The first-order valence-electron chi connectivity index (χ1n) is 7.06. The van der Waals surface area contributed by atoms with E-state index >= 15 is 0 Å².